The Balaban J connectivity index is 2.44. The number of rotatable bonds is 3. The molecule has 0 aliphatic carbocycles. The molecule has 0 saturated heterocycles. The molecule has 0 unspecified atom stereocenters. The van der Waals surface area contributed by atoms with Crippen LogP contribution in [-0.4, -0.2) is 16.1 Å². The highest BCUT2D eigenvalue weighted by Crippen LogP contribution is 2.35. The van der Waals surface area contributed by atoms with Crippen molar-refractivity contribution >= 4 is 40.8 Å². The third-order valence-corrected chi connectivity index (χ3v) is 3.75. The second kappa shape index (κ2) is 5.95. The molecule has 2 rings (SSSR count). The second-order valence-corrected chi connectivity index (χ2v) is 5.17. The second-order valence-electron chi connectivity index (χ2n) is 3.98. The molecule has 1 aromatic carbocycles. The fourth-order valence-corrected chi connectivity index (χ4v) is 2.22. The molecule has 0 spiro atoms. The largest absolute Gasteiger partial charge is 0.481 e. The van der Waals surface area contributed by atoms with Crippen molar-refractivity contribution in [2.24, 2.45) is 0 Å². The van der Waals surface area contributed by atoms with E-state index in [1.807, 2.05) is 0 Å². The average Bonchev–Trinajstić information content (AvgIpc) is 2.37. The maximum Gasteiger partial charge on any atom is 0.309 e. The molecule has 0 saturated carbocycles. The fourth-order valence-electron chi connectivity index (χ4n) is 1.62. The number of aliphatic carboxylic acids is 1. The third kappa shape index (κ3) is 3.20. The van der Waals surface area contributed by atoms with Gasteiger partial charge in [0.25, 0.3) is 0 Å². The van der Waals surface area contributed by atoms with Gasteiger partial charge in [-0.3, -0.25) is 9.78 Å². The first kappa shape index (κ1) is 15.0. The highest BCUT2D eigenvalue weighted by Gasteiger charge is 2.12. The molecular weight excluding hydrogens is 328 g/mol. The van der Waals surface area contributed by atoms with Crippen LogP contribution in [0.4, 0.5) is 4.39 Å². The first-order chi connectivity index (χ1) is 9.38. The standard InChI is InChI=1S/C13H7Cl3FNO2/c14-8-1-6(2-9(15)13(8)16)7-3-10(17)11(18-5-7)4-12(19)20/h1-3,5H,4H2,(H,19,20). The molecular formula is C13H7Cl3FNO2. The van der Waals surface area contributed by atoms with E-state index < -0.39 is 18.2 Å². The van der Waals surface area contributed by atoms with Gasteiger partial charge < -0.3 is 5.11 Å². The molecule has 0 radical (unpaired) electrons. The highest BCUT2D eigenvalue weighted by molar-refractivity contribution is 6.48. The molecule has 7 heteroatoms. The summed E-state index contributed by atoms with van der Waals surface area (Å²) in [6.45, 7) is 0. The Morgan fingerprint density at radius 3 is 2.25 bits per heavy atom. The van der Waals surface area contributed by atoms with Crippen molar-refractivity contribution in [1.29, 1.82) is 0 Å². The van der Waals surface area contributed by atoms with Gasteiger partial charge in [0.1, 0.15) is 5.82 Å². The van der Waals surface area contributed by atoms with E-state index in [4.69, 9.17) is 39.9 Å². The molecule has 0 atom stereocenters. The normalized spacial score (nSPS) is 10.6. The SMILES string of the molecule is O=C(O)Cc1ncc(-c2cc(Cl)c(Cl)c(Cl)c2)cc1F. The van der Waals surface area contributed by atoms with Crippen LogP contribution >= 0.6 is 34.8 Å². The number of hydrogen-bond donors (Lipinski definition) is 1. The van der Waals surface area contributed by atoms with E-state index in [2.05, 4.69) is 4.98 Å². The number of benzene rings is 1. The van der Waals surface area contributed by atoms with Gasteiger partial charge >= 0.3 is 5.97 Å². The van der Waals surface area contributed by atoms with Crippen LogP contribution in [0, 0.1) is 5.82 Å². The Bertz CT molecular complexity index is 668. The van der Waals surface area contributed by atoms with E-state index in [9.17, 15) is 9.18 Å². The lowest BCUT2D eigenvalue weighted by Gasteiger charge is -2.07. The molecule has 1 heterocycles. The van der Waals surface area contributed by atoms with Crippen LogP contribution in [-0.2, 0) is 11.2 Å². The van der Waals surface area contributed by atoms with Gasteiger partial charge in [-0.1, -0.05) is 34.8 Å². The predicted molar refractivity (Wildman–Crippen MR) is 76.0 cm³/mol. The number of aromatic nitrogens is 1. The summed E-state index contributed by atoms with van der Waals surface area (Å²) in [7, 11) is 0. The van der Waals surface area contributed by atoms with Crippen molar-refractivity contribution in [1.82, 2.24) is 4.98 Å². The zero-order chi connectivity index (χ0) is 14.9. The van der Waals surface area contributed by atoms with E-state index in [0.717, 1.165) is 0 Å². The number of halogens is 4. The minimum atomic E-state index is -1.15. The van der Waals surface area contributed by atoms with Gasteiger partial charge in [0, 0.05) is 11.8 Å². The lowest BCUT2D eigenvalue weighted by Crippen LogP contribution is -2.05. The molecule has 0 aliphatic heterocycles. The number of hydrogen-bond acceptors (Lipinski definition) is 2. The highest BCUT2D eigenvalue weighted by atomic mass is 35.5. The van der Waals surface area contributed by atoms with Gasteiger partial charge in [0.2, 0.25) is 0 Å². The Kier molecular flexibility index (Phi) is 4.48. The van der Waals surface area contributed by atoms with Gasteiger partial charge in [-0.15, -0.1) is 0 Å². The quantitative estimate of drug-likeness (QED) is 0.842. The minimum absolute atomic E-state index is 0.132. The van der Waals surface area contributed by atoms with Crippen LogP contribution in [0.15, 0.2) is 24.4 Å². The summed E-state index contributed by atoms with van der Waals surface area (Å²) in [5.74, 6) is -1.85. The van der Waals surface area contributed by atoms with Crippen LogP contribution in [0.1, 0.15) is 5.69 Å². The zero-order valence-electron chi connectivity index (χ0n) is 9.83. The lowest BCUT2D eigenvalue weighted by molar-refractivity contribution is -0.136. The van der Waals surface area contributed by atoms with Crippen molar-refractivity contribution in [3.63, 3.8) is 0 Å². The van der Waals surface area contributed by atoms with Gasteiger partial charge in [-0.2, -0.15) is 0 Å². The summed E-state index contributed by atoms with van der Waals surface area (Å²) in [5, 5.41) is 9.32. The van der Waals surface area contributed by atoms with Crippen molar-refractivity contribution in [2.45, 2.75) is 6.42 Å². The maximum atomic E-state index is 13.8. The Labute approximate surface area is 128 Å². The summed E-state index contributed by atoms with van der Waals surface area (Å²) in [6.07, 6.45) is 0.880. The first-order valence-corrected chi connectivity index (χ1v) is 6.53. The molecule has 0 amide bonds. The lowest BCUT2D eigenvalue weighted by atomic mass is 10.1. The van der Waals surface area contributed by atoms with Gasteiger partial charge in [0.15, 0.2) is 0 Å². The third-order valence-electron chi connectivity index (χ3n) is 2.55. The molecule has 20 heavy (non-hydrogen) atoms. The molecule has 0 fully saturated rings. The minimum Gasteiger partial charge on any atom is -0.481 e. The fraction of sp³-hybridized carbons (Fsp3) is 0.0769. The van der Waals surface area contributed by atoms with Gasteiger partial charge in [0.05, 0.1) is 27.2 Å². The topological polar surface area (TPSA) is 50.2 Å². The maximum absolute atomic E-state index is 13.8. The Morgan fingerprint density at radius 1 is 1.15 bits per heavy atom. The van der Waals surface area contributed by atoms with Crippen LogP contribution < -0.4 is 0 Å². The van der Waals surface area contributed by atoms with Crippen LogP contribution in [0.3, 0.4) is 0 Å². The zero-order valence-corrected chi connectivity index (χ0v) is 12.1. The molecule has 1 N–H and O–H groups in total. The van der Waals surface area contributed by atoms with E-state index in [1.54, 1.807) is 0 Å². The van der Waals surface area contributed by atoms with Crippen molar-refractivity contribution in [3.8, 4) is 11.1 Å². The van der Waals surface area contributed by atoms with Crippen LogP contribution in [0.2, 0.25) is 15.1 Å². The summed E-state index contributed by atoms with van der Waals surface area (Å²) < 4.78 is 13.8. The van der Waals surface area contributed by atoms with E-state index in [1.165, 1.54) is 24.4 Å². The van der Waals surface area contributed by atoms with E-state index >= 15 is 0 Å². The number of nitrogens with zero attached hydrogens (tertiary/aromatic N) is 1. The van der Waals surface area contributed by atoms with Gasteiger partial charge in [-0.05, 0) is 23.8 Å². The molecule has 3 nitrogen and oxygen atoms in total. The molecule has 0 bridgehead atoms. The van der Waals surface area contributed by atoms with Crippen molar-refractivity contribution in [2.75, 3.05) is 0 Å². The predicted octanol–water partition coefficient (Wildman–Crippen LogP) is 4.48. The first-order valence-electron chi connectivity index (χ1n) is 5.39. The van der Waals surface area contributed by atoms with E-state index in [0.29, 0.717) is 11.1 Å². The number of carboxylic acids is 1. The monoisotopic (exact) mass is 333 g/mol. The number of carboxylic acid groups (broad SMARTS) is 1. The van der Waals surface area contributed by atoms with Crippen molar-refractivity contribution < 1.29 is 14.3 Å². The van der Waals surface area contributed by atoms with Crippen LogP contribution in [0.25, 0.3) is 11.1 Å². The summed E-state index contributed by atoms with van der Waals surface area (Å²) in [4.78, 5) is 14.3. The Morgan fingerprint density at radius 2 is 1.75 bits per heavy atom. The Hall–Kier alpha value is -1.36. The molecule has 0 aliphatic rings. The number of pyridine rings is 1. The van der Waals surface area contributed by atoms with Gasteiger partial charge in [-0.25, -0.2) is 4.39 Å². The van der Waals surface area contributed by atoms with E-state index in [-0.39, 0.29) is 20.8 Å². The average molecular weight is 335 g/mol. The smallest absolute Gasteiger partial charge is 0.309 e. The molecule has 104 valence electrons. The number of carbonyl (C=O) groups is 1. The molecule has 2 aromatic rings. The summed E-state index contributed by atoms with van der Waals surface area (Å²) >= 11 is 17.6. The summed E-state index contributed by atoms with van der Waals surface area (Å²) in [6, 6.07) is 4.24. The van der Waals surface area contributed by atoms with Crippen LogP contribution in [0.5, 0.6) is 0 Å². The van der Waals surface area contributed by atoms with Crippen molar-refractivity contribution in [3.05, 3.63) is 51.0 Å². The molecule has 1 aromatic heterocycles. The summed E-state index contributed by atoms with van der Waals surface area (Å²) in [5.41, 5.74) is 0.835.